The summed E-state index contributed by atoms with van der Waals surface area (Å²) in [5.74, 6) is 1.37. The summed E-state index contributed by atoms with van der Waals surface area (Å²) in [5, 5.41) is 4.17. The number of hydrogen-bond acceptors (Lipinski definition) is 4. The summed E-state index contributed by atoms with van der Waals surface area (Å²) in [7, 11) is 0. The van der Waals surface area contributed by atoms with Crippen LogP contribution in [0.5, 0.6) is 0 Å². The van der Waals surface area contributed by atoms with Crippen molar-refractivity contribution in [2.45, 2.75) is 38.6 Å². The molecule has 0 aliphatic heterocycles. The molecule has 21 heavy (non-hydrogen) atoms. The maximum absolute atomic E-state index is 12.6. The van der Waals surface area contributed by atoms with E-state index < -0.39 is 0 Å². The van der Waals surface area contributed by atoms with Gasteiger partial charge in [-0.25, -0.2) is 4.98 Å². The van der Waals surface area contributed by atoms with Crippen LogP contribution >= 0.6 is 11.3 Å². The Balaban J connectivity index is 1.64. The standard InChI is InChI=1S/C16H19N3OS/c1-8-6-7-18-16-11(8)12(17)14(21-16)15(20)19-13(9-2-3-9)10-4-5-10/h6-7,9-10,13H,2-5,17H2,1H3,(H,19,20). The lowest BCUT2D eigenvalue weighted by Crippen LogP contribution is -2.37. The topological polar surface area (TPSA) is 68.0 Å². The minimum atomic E-state index is -0.0151. The van der Waals surface area contributed by atoms with Crippen molar-refractivity contribution in [2.24, 2.45) is 11.8 Å². The highest BCUT2D eigenvalue weighted by Gasteiger charge is 2.42. The molecular formula is C16H19N3OS. The van der Waals surface area contributed by atoms with Crippen molar-refractivity contribution in [1.29, 1.82) is 0 Å². The van der Waals surface area contributed by atoms with Crippen LogP contribution in [0.3, 0.4) is 0 Å². The fraction of sp³-hybridized carbons (Fsp3) is 0.500. The van der Waals surface area contributed by atoms with Gasteiger partial charge in [-0.05, 0) is 56.1 Å². The first kappa shape index (κ1) is 13.1. The molecule has 0 atom stereocenters. The van der Waals surface area contributed by atoms with Crippen molar-refractivity contribution in [3.63, 3.8) is 0 Å². The molecule has 0 saturated heterocycles. The van der Waals surface area contributed by atoms with E-state index in [2.05, 4.69) is 10.3 Å². The highest BCUT2D eigenvalue weighted by atomic mass is 32.1. The molecule has 5 heteroatoms. The number of aromatic nitrogens is 1. The Morgan fingerprint density at radius 3 is 2.62 bits per heavy atom. The maximum Gasteiger partial charge on any atom is 0.263 e. The van der Waals surface area contributed by atoms with Crippen molar-refractivity contribution in [3.05, 3.63) is 22.7 Å². The Bertz CT molecular complexity index is 704. The van der Waals surface area contributed by atoms with Gasteiger partial charge in [0.25, 0.3) is 5.91 Å². The average Bonchev–Trinajstić information content (AvgIpc) is 3.35. The zero-order valence-corrected chi connectivity index (χ0v) is 12.9. The third-order valence-corrected chi connectivity index (χ3v) is 5.71. The predicted molar refractivity (Wildman–Crippen MR) is 85.5 cm³/mol. The summed E-state index contributed by atoms with van der Waals surface area (Å²) in [6.45, 7) is 2.01. The molecule has 0 radical (unpaired) electrons. The fourth-order valence-corrected chi connectivity index (χ4v) is 4.16. The Labute approximate surface area is 127 Å². The summed E-state index contributed by atoms with van der Waals surface area (Å²) in [5.41, 5.74) is 7.87. The summed E-state index contributed by atoms with van der Waals surface area (Å²) in [6.07, 6.45) is 6.79. The van der Waals surface area contributed by atoms with Crippen LogP contribution in [0.2, 0.25) is 0 Å². The SMILES string of the molecule is Cc1ccnc2sc(C(=O)NC(C3CC3)C3CC3)c(N)c12. The van der Waals surface area contributed by atoms with E-state index in [9.17, 15) is 4.79 Å². The van der Waals surface area contributed by atoms with Crippen molar-refractivity contribution in [2.75, 3.05) is 5.73 Å². The minimum Gasteiger partial charge on any atom is -0.397 e. The van der Waals surface area contributed by atoms with E-state index >= 15 is 0 Å². The van der Waals surface area contributed by atoms with Gasteiger partial charge in [0.2, 0.25) is 0 Å². The first-order valence-corrected chi connectivity index (χ1v) is 8.41. The zero-order chi connectivity index (χ0) is 14.6. The van der Waals surface area contributed by atoms with Crippen molar-refractivity contribution >= 4 is 33.1 Å². The van der Waals surface area contributed by atoms with E-state index in [1.807, 2.05) is 13.0 Å². The molecule has 2 aromatic rings. The summed E-state index contributed by atoms with van der Waals surface area (Å²) < 4.78 is 0. The lowest BCUT2D eigenvalue weighted by atomic mass is 10.1. The normalized spacial score (nSPS) is 18.4. The molecule has 110 valence electrons. The van der Waals surface area contributed by atoms with Gasteiger partial charge in [-0.3, -0.25) is 4.79 Å². The monoisotopic (exact) mass is 301 g/mol. The number of fused-ring (bicyclic) bond motifs is 1. The fourth-order valence-electron chi connectivity index (χ4n) is 3.12. The number of amides is 1. The summed E-state index contributed by atoms with van der Waals surface area (Å²) in [4.78, 5) is 18.4. The Hall–Kier alpha value is -1.62. The molecule has 2 aromatic heterocycles. The molecule has 4 nitrogen and oxygen atoms in total. The van der Waals surface area contributed by atoms with E-state index in [-0.39, 0.29) is 5.91 Å². The third kappa shape index (κ3) is 2.29. The van der Waals surface area contributed by atoms with Crippen LogP contribution < -0.4 is 11.1 Å². The molecule has 2 aliphatic rings. The molecule has 2 aliphatic carbocycles. The van der Waals surface area contributed by atoms with Gasteiger partial charge in [0.1, 0.15) is 9.71 Å². The number of nitrogen functional groups attached to an aromatic ring is 1. The molecule has 0 spiro atoms. The number of carbonyl (C=O) groups is 1. The second-order valence-electron chi connectivity index (χ2n) is 6.33. The van der Waals surface area contributed by atoms with Crippen molar-refractivity contribution in [1.82, 2.24) is 10.3 Å². The van der Waals surface area contributed by atoms with E-state index in [1.54, 1.807) is 6.20 Å². The Kier molecular flexibility index (Phi) is 2.92. The van der Waals surface area contributed by atoms with E-state index in [0.717, 1.165) is 15.8 Å². The highest BCUT2D eigenvalue weighted by Crippen LogP contribution is 2.45. The molecule has 2 heterocycles. The number of carbonyl (C=O) groups excluding carboxylic acids is 1. The third-order valence-electron chi connectivity index (χ3n) is 4.60. The minimum absolute atomic E-state index is 0.0151. The molecule has 0 bridgehead atoms. The first-order valence-electron chi connectivity index (χ1n) is 7.59. The number of pyridine rings is 1. The smallest absolute Gasteiger partial charge is 0.263 e. The number of aryl methyl sites for hydroxylation is 1. The van der Waals surface area contributed by atoms with Gasteiger partial charge in [-0.2, -0.15) is 0 Å². The Morgan fingerprint density at radius 2 is 2.05 bits per heavy atom. The second kappa shape index (κ2) is 4.70. The van der Waals surface area contributed by atoms with Crippen LogP contribution in [0.4, 0.5) is 5.69 Å². The molecule has 2 fully saturated rings. The number of nitrogens with two attached hydrogens (primary N) is 1. The number of nitrogens with one attached hydrogen (secondary N) is 1. The highest BCUT2D eigenvalue weighted by molar-refractivity contribution is 7.21. The van der Waals surface area contributed by atoms with Crippen molar-refractivity contribution in [3.8, 4) is 0 Å². The quantitative estimate of drug-likeness (QED) is 0.911. The molecule has 2 saturated carbocycles. The zero-order valence-electron chi connectivity index (χ0n) is 12.1. The van der Waals surface area contributed by atoms with Gasteiger partial charge >= 0.3 is 0 Å². The Morgan fingerprint density at radius 1 is 1.38 bits per heavy atom. The number of nitrogens with zero attached hydrogens (tertiary/aromatic N) is 1. The van der Waals surface area contributed by atoms with Crippen LogP contribution in [0.25, 0.3) is 10.2 Å². The number of thiophene rings is 1. The summed E-state index contributed by atoms with van der Waals surface area (Å²) >= 11 is 1.40. The van der Waals surface area contributed by atoms with E-state index in [0.29, 0.717) is 28.4 Å². The van der Waals surface area contributed by atoms with Gasteiger partial charge in [0.15, 0.2) is 0 Å². The first-order chi connectivity index (χ1) is 10.1. The lowest BCUT2D eigenvalue weighted by Gasteiger charge is -2.17. The van der Waals surface area contributed by atoms with Crippen LogP contribution in [0.1, 0.15) is 40.9 Å². The van der Waals surface area contributed by atoms with E-state index in [1.165, 1.54) is 37.0 Å². The van der Waals surface area contributed by atoms with Crippen LogP contribution in [-0.2, 0) is 0 Å². The number of rotatable bonds is 4. The van der Waals surface area contributed by atoms with Gasteiger partial charge in [0, 0.05) is 17.6 Å². The molecule has 0 aromatic carbocycles. The van der Waals surface area contributed by atoms with Gasteiger partial charge in [0.05, 0.1) is 5.69 Å². The molecule has 3 N–H and O–H groups in total. The predicted octanol–water partition coefficient (Wildman–Crippen LogP) is 3.11. The van der Waals surface area contributed by atoms with Gasteiger partial charge in [-0.1, -0.05) is 0 Å². The van der Waals surface area contributed by atoms with Crippen LogP contribution in [-0.4, -0.2) is 16.9 Å². The maximum atomic E-state index is 12.6. The van der Waals surface area contributed by atoms with Crippen molar-refractivity contribution < 1.29 is 4.79 Å². The van der Waals surface area contributed by atoms with Gasteiger partial charge < -0.3 is 11.1 Å². The lowest BCUT2D eigenvalue weighted by molar-refractivity contribution is 0.0931. The number of hydrogen-bond donors (Lipinski definition) is 2. The summed E-state index contributed by atoms with van der Waals surface area (Å²) in [6, 6.07) is 2.29. The van der Waals surface area contributed by atoms with Crippen LogP contribution in [0, 0.1) is 18.8 Å². The number of anilines is 1. The van der Waals surface area contributed by atoms with E-state index in [4.69, 9.17) is 5.73 Å². The average molecular weight is 301 g/mol. The molecular weight excluding hydrogens is 282 g/mol. The van der Waals surface area contributed by atoms with Gasteiger partial charge in [-0.15, -0.1) is 11.3 Å². The molecule has 0 unspecified atom stereocenters. The van der Waals surface area contributed by atoms with Crippen LogP contribution in [0.15, 0.2) is 12.3 Å². The molecule has 4 rings (SSSR count). The molecule has 1 amide bonds. The second-order valence-corrected chi connectivity index (χ2v) is 7.33. The largest absolute Gasteiger partial charge is 0.397 e.